The van der Waals surface area contributed by atoms with Crippen molar-refractivity contribution in [2.75, 3.05) is 18.8 Å². The molecule has 0 aliphatic carbocycles. The molecule has 84 valence electrons. The van der Waals surface area contributed by atoms with Crippen LogP contribution < -0.4 is 5.32 Å². The van der Waals surface area contributed by atoms with Crippen LogP contribution in [0.2, 0.25) is 0 Å². The third kappa shape index (κ3) is 2.34. The molecule has 0 bridgehead atoms. The first-order valence-corrected chi connectivity index (χ1v) is 6.48. The minimum Gasteiger partial charge on any atom is -0.322 e. The second kappa shape index (κ2) is 4.99. The Hall–Kier alpha value is -0.550. The summed E-state index contributed by atoms with van der Waals surface area (Å²) in [6.45, 7) is 1.63. The van der Waals surface area contributed by atoms with Crippen LogP contribution in [0.5, 0.6) is 0 Å². The maximum absolute atomic E-state index is 12.1. The molecule has 4 nitrogen and oxygen atoms in total. The predicted molar refractivity (Wildman–Crippen MR) is 59.7 cm³/mol. The third-order valence-electron chi connectivity index (χ3n) is 2.94. The monoisotopic (exact) mass is 228 g/mol. The summed E-state index contributed by atoms with van der Waals surface area (Å²) in [7, 11) is 0. The van der Waals surface area contributed by atoms with E-state index in [1.807, 2.05) is 0 Å². The van der Waals surface area contributed by atoms with Crippen molar-refractivity contribution in [2.45, 2.75) is 30.7 Å². The molecule has 2 rings (SSSR count). The van der Waals surface area contributed by atoms with Crippen LogP contribution in [0.25, 0.3) is 0 Å². The van der Waals surface area contributed by atoms with Gasteiger partial charge in [0.1, 0.15) is 5.37 Å². The normalized spacial score (nSPS) is 31.6. The minimum absolute atomic E-state index is 0.0556. The highest BCUT2D eigenvalue weighted by Gasteiger charge is 2.33. The highest BCUT2D eigenvalue weighted by atomic mass is 32.2. The molecule has 2 fully saturated rings. The van der Waals surface area contributed by atoms with Crippen molar-refractivity contribution < 1.29 is 9.59 Å². The summed E-state index contributed by atoms with van der Waals surface area (Å²) in [6.07, 6.45) is 4.04. The van der Waals surface area contributed by atoms with Gasteiger partial charge in [-0.25, -0.2) is 0 Å². The smallest absolute Gasteiger partial charge is 0.240 e. The number of carbonyl (C=O) groups is 2. The number of thioether (sulfide) groups is 1. The van der Waals surface area contributed by atoms with Crippen molar-refractivity contribution in [3.05, 3.63) is 0 Å². The molecular weight excluding hydrogens is 212 g/mol. The number of amides is 1. The van der Waals surface area contributed by atoms with Gasteiger partial charge in [-0.3, -0.25) is 4.79 Å². The van der Waals surface area contributed by atoms with E-state index >= 15 is 0 Å². The highest BCUT2D eigenvalue weighted by Crippen LogP contribution is 2.23. The van der Waals surface area contributed by atoms with Crippen molar-refractivity contribution >= 4 is 24.0 Å². The number of hydrogen-bond acceptors (Lipinski definition) is 4. The van der Waals surface area contributed by atoms with Crippen LogP contribution in [0.3, 0.4) is 0 Å². The summed E-state index contributed by atoms with van der Waals surface area (Å²) in [5.41, 5.74) is 0. The standard InChI is InChI=1S/C10H16N2O2S/c13-7-9-12(5-6-15-9)10(14)8-3-1-2-4-11-8/h7-9,11H,1-6H2/t8-,9-/m0/s1. The summed E-state index contributed by atoms with van der Waals surface area (Å²) >= 11 is 1.55. The van der Waals surface area contributed by atoms with Crippen LogP contribution in [-0.4, -0.2) is 47.4 Å². The predicted octanol–water partition coefficient (Wildman–Crippen LogP) is 0.229. The van der Waals surface area contributed by atoms with Gasteiger partial charge in [-0.15, -0.1) is 11.8 Å². The molecule has 5 heteroatoms. The van der Waals surface area contributed by atoms with Crippen LogP contribution in [0.1, 0.15) is 19.3 Å². The molecule has 0 spiro atoms. The molecule has 2 aliphatic rings. The number of carbonyl (C=O) groups excluding carboxylic acids is 2. The van der Waals surface area contributed by atoms with E-state index in [0.29, 0.717) is 6.54 Å². The van der Waals surface area contributed by atoms with Crippen molar-refractivity contribution in [3.63, 3.8) is 0 Å². The first-order valence-electron chi connectivity index (χ1n) is 5.43. The molecule has 2 aliphatic heterocycles. The Balaban J connectivity index is 1.96. The molecule has 0 aromatic heterocycles. The SMILES string of the molecule is O=C[C@@H]1SCCN1C(=O)[C@@H]1CCCCN1. The highest BCUT2D eigenvalue weighted by molar-refractivity contribution is 8.00. The van der Waals surface area contributed by atoms with Crippen LogP contribution in [0.4, 0.5) is 0 Å². The Morgan fingerprint density at radius 1 is 1.47 bits per heavy atom. The zero-order valence-corrected chi connectivity index (χ0v) is 9.46. The number of nitrogens with one attached hydrogen (secondary N) is 1. The molecule has 1 amide bonds. The second-order valence-electron chi connectivity index (χ2n) is 3.93. The van der Waals surface area contributed by atoms with Gasteiger partial charge in [0.25, 0.3) is 0 Å². The van der Waals surface area contributed by atoms with E-state index in [9.17, 15) is 9.59 Å². The number of nitrogens with zero attached hydrogens (tertiary/aromatic N) is 1. The topological polar surface area (TPSA) is 49.4 Å². The Morgan fingerprint density at radius 2 is 2.33 bits per heavy atom. The lowest BCUT2D eigenvalue weighted by atomic mass is 10.0. The fourth-order valence-electron chi connectivity index (χ4n) is 2.10. The summed E-state index contributed by atoms with van der Waals surface area (Å²) in [4.78, 5) is 24.5. The maximum Gasteiger partial charge on any atom is 0.240 e. The first-order chi connectivity index (χ1) is 7.33. The maximum atomic E-state index is 12.1. The van der Waals surface area contributed by atoms with Gasteiger partial charge in [-0.1, -0.05) is 6.42 Å². The van der Waals surface area contributed by atoms with Gasteiger partial charge in [0.05, 0.1) is 6.04 Å². The molecular formula is C10H16N2O2S. The van der Waals surface area contributed by atoms with Crippen LogP contribution in [0, 0.1) is 0 Å². The van der Waals surface area contributed by atoms with Gasteiger partial charge in [0, 0.05) is 12.3 Å². The number of piperidine rings is 1. The van der Waals surface area contributed by atoms with E-state index in [4.69, 9.17) is 0 Å². The van der Waals surface area contributed by atoms with E-state index in [1.54, 1.807) is 16.7 Å². The lowest BCUT2D eigenvalue weighted by Gasteiger charge is -2.28. The Bertz CT molecular complexity index is 254. The third-order valence-corrected chi connectivity index (χ3v) is 4.06. The van der Waals surface area contributed by atoms with Crippen molar-refractivity contribution in [1.82, 2.24) is 10.2 Å². The van der Waals surface area contributed by atoms with E-state index in [0.717, 1.165) is 37.8 Å². The molecule has 0 saturated carbocycles. The molecule has 0 aromatic rings. The summed E-state index contributed by atoms with van der Waals surface area (Å²) in [5, 5.41) is 2.98. The molecule has 15 heavy (non-hydrogen) atoms. The van der Waals surface area contributed by atoms with Gasteiger partial charge < -0.3 is 15.0 Å². The van der Waals surface area contributed by atoms with E-state index in [2.05, 4.69) is 5.32 Å². The number of hydrogen-bond donors (Lipinski definition) is 1. The fraction of sp³-hybridized carbons (Fsp3) is 0.800. The second-order valence-corrected chi connectivity index (χ2v) is 5.16. The largest absolute Gasteiger partial charge is 0.322 e. The molecule has 1 N–H and O–H groups in total. The molecule has 2 atom stereocenters. The summed E-state index contributed by atoms with van der Waals surface area (Å²) in [6, 6.07) is -0.0556. The van der Waals surface area contributed by atoms with E-state index in [1.165, 1.54) is 0 Å². The summed E-state index contributed by atoms with van der Waals surface area (Å²) < 4.78 is 0. The first kappa shape index (κ1) is 11.0. The molecule has 2 heterocycles. The van der Waals surface area contributed by atoms with Crippen LogP contribution >= 0.6 is 11.8 Å². The van der Waals surface area contributed by atoms with Gasteiger partial charge in [0.15, 0.2) is 6.29 Å². The van der Waals surface area contributed by atoms with Crippen LogP contribution in [0.15, 0.2) is 0 Å². The Morgan fingerprint density at radius 3 is 3.00 bits per heavy atom. The molecule has 0 radical (unpaired) electrons. The number of rotatable bonds is 2. The minimum atomic E-state index is -0.249. The van der Waals surface area contributed by atoms with E-state index < -0.39 is 0 Å². The van der Waals surface area contributed by atoms with Gasteiger partial charge in [-0.2, -0.15) is 0 Å². The van der Waals surface area contributed by atoms with Crippen molar-refractivity contribution in [1.29, 1.82) is 0 Å². The Labute approximate surface area is 93.8 Å². The van der Waals surface area contributed by atoms with Gasteiger partial charge >= 0.3 is 0 Å². The number of aldehydes is 1. The van der Waals surface area contributed by atoms with Crippen LogP contribution in [-0.2, 0) is 9.59 Å². The average Bonchev–Trinajstić information content (AvgIpc) is 2.77. The van der Waals surface area contributed by atoms with Gasteiger partial charge in [0.2, 0.25) is 5.91 Å². The average molecular weight is 228 g/mol. The molecule has 2 saturated heterocycles. The van der Waals surface area contributed by atoms with Crippen molar-refractivity contribution in [3.8, 4) is 0 Å². The molecule has 0 aromatic carbocycles. The molecule has 0 unspecified atom stereocenters. The quantitative estimate of drug-likeness (QED) is 0.687. The zero-order valence-electron chi connectivity index (χ0n) is 8.65. The zero-order chi connectivity index (χ0) is 10.7. The Kier molecular flexibility index (Phi) is 3.64. The lowest BCUT2D eigenvalue weighted by Crippen LogP contribution is -2.50. The fourth-order valence-corrected chi connectivity index (χ4v) is 3.11. The lowest BCUT2D eigenvalue weighted by molar-refractivity contribution is -0.135. The summed E-state index contributed by atoms with van der Waals surface area (Å²) in [5.74, 6) is 0.985. The van der Waals surface area contributed by atoms with Gasteiger partial charge in [-0.05, 0) is 19.4 Å². The van der Waals surface area contributed by atoms with E-state index in [-0.39, 0.29) is 17.3 Å². The van der Waals surface area contributed by atoms with Crippen molar-refractivity contribution in [2.24, 2.45) is 0 Å².